The summed E-state index contributed by atoms with van der Waals surface area (Å²) in [7, 11) is 0. The van der Waals surface area contributed by atoms with Crippen molar-refractivity contribution in [3.05, 3.63) is 58.6 Å². The van der Waals surface area contributed by atoms with Gasteiger partial charge in [-0.3, -0.25) is 9.59 Å². The third kappa shape index (κ3) is 4.54. The van der Waals surface area contributed by atoms with Crippen molar-refractivity contribution in [2.75, 3.05) is 42.6 Å². The summed E-state index contributed by atoms with van der Waals surface area (Å²) in [5.74, 6) is -0.186. The monoisotopic (exact) mass is 413 g/mol. The van der Waals surface area contributed by atoms with Gasteiger partial charge in [0.1, 0.15) is 0 Å². The number of amides is 2. The molecule has 2 saturated heterocycles. The maximum absolute atomic E-state index is 12.8. The Kier molecular flexibility index (Phi) is 6.02. The number of halogens is 1. The van der Waals surface area contributed by atoms with Gasteiger partial charge in [-0.15, -0.1) is 0 Å². The van der Waals surface area contributed by atoms with Crippen LogP contribution in [-0.4, -0.2) is 44.7 Å². The first kappa shape index (κ1) is 19.7. The number of anilines is 2. The van der Waals surface area contributed by atoms with Crippen molar-refractivity contribution in [2.45, 2.75) is 19.4 Å². The Hall–Kier alpha value is -2.57. The summed E-state index contributed by atoms with van der Waals surface area (Å²) in [6, 6.07) is 13.2. The quantitative estimate of drug-likeness (QED) is 0.817. The van der Waals surface area contributed by atoms with E-state index in [0.29, 0.717) is 35.8 Å². The summed E-state index contributed by atoms with van der Waals surface area (Å²) < 4.78 is 5.39. The minimum atomic E-state index is -0.214. The summed E-state index contributed by atoms with van der Waals surface area (Å²) in [5.41, 5.74) is 3.23. The van der Waals surface area contributed by atoms with Gasteiger partial charge in [-0.2, -0.15) is 0 Å². The van der Waals surface area contributed by atoms with Crippen LogP contribution in [0.15, 0.2) is 42.5 Å². The maximum atomic E-state index is 12.8. The molecule has 6 nitrogen and oxygen atoms in total. The van der Waals surface area contributed by atoms with Gasteiger partial charge in [0, 0.05) is 43.3 Å². The van der Waals surface area contributed by atoms with Gasteiger partial charge in [0.2, 0.25) is 5.91 Å². The highest BCUT2D eigenvalue weighted by atomic mass is 35.5. The number of benzene rings is 2. The van der Waals surface area contributed by atoms with E-state index in [0.717, 1.165) is 44.0 Å². The molecule has 2 heterocycles. The number of nitrogens with zero attached hydrogens (tertiary/aromatic N) is 2. The zero-order valence-corrected chi connectivity index (χ0v) is 17.0. The molecule has 0 saturated carbocycles. The van der Waals surface area contributed by atoms with E-state index in [1.807, 2.05) is 12.1 Å². The fourth-order valence-electron chi connectivity index (χ4n) is 3.75. The van der Waals surface area contributed by atoms with Crippen LogP contribution in [0.2, 0.25) is 5.02 Å². The average molecular weight is 414 g/mol. The Bertz CT molecular complexity index is 895. The van der Waals surface area contributed by atoms with Crippen molar-refractivity contribution < 1.29 is 14.3 Å². The van der Waals surface area contributed by atoms with E-state index in [4.69, 9.17) is 16.3 Å². The van der Waals surface area contributed by atoms with Gasteiger partial charge in [0.25, 0.3) is 5.91 Å². The second-order valence-corrected chi connectivity index (χ2v) is 7.70. The molecule has 0 bridgehead atoms. The number of carbonyl (C=O) groups excluding carboxylic acids is 2. The minimum absolute atomic E-state index is 0.0278. The summed E-state index contributed by atoms with van der Waals surface area (Å²) in [6.07, 6.45) is 1.30. The van der Waals surface area contributed by atoms with E-state index in [1.54, 1.807) is 23.1 Å². The maximum Gasteiger partial charge on any atom is 0.253 e. The molecule has 0 aliphatic carbocycles. The molecule has 0 atom stereocenters. The third-order valence-corrected chi connectivity index (χ3v) is 5.57. The molecule has 2 fully saturated rings. The van der Waals surface area contributed by atoms with Crippen molar-refractivity contribution in [3.8, 4) is 0 Å². The summed E-state index contributed by atoms with van der Waals surface area (Å²) in [6.45, 7) is 4.32. The van der Waals surface area contributed by atoms with Crippen molar-refractivity contribution >= 4 is 34.8 Å². The van der Waals surface area contributed by atoms with Gasteiger partial charge in [-0.25, -0.2) is 0 Å². The number of rotatable bonds is 5. The van der Waals surface area contributed by atoms with Crippen LogP contribution in [-0.2, 0) is 16.1 Å². The summed E-state index contributed by atoms with van der Waals surface area (Å²) >= 11 is 6.12. The molecule has 2 aromatic rings. The Labute approximate surface area is 175 Å². The van der Waals surface area contributed by atoms with Crippen LogP contribution < -0.4 is 15.1 Å². The highest BCUT2D eigenvalue weighted by Gasteiger charge is 2.26. The highest BCUT2D eigenvalue weighted by molar-refractivity contribution is 6.31. The SMILES string of the molecule is O=C(NCc1ccc(N2CCOCC2)cc1)c1ccc(Cl)cc1N1CCCC1=O. The Morgan fingerprint density at radius 3 is 2.52 bits per heavy atom. The number of hydrogen-bond donors (Lipinski definition) is 1. The molecular formula is C22H24ClN3O3. The van der Waals surface area contributed by atoms with Crippen LogP contribution >= 0.6 is 11.6 Å². The van der Waals surface area contributed by atoms with Crippen LogP contribution in [0, 0.1) is 0 Å². The van der Waals surface area contributed by atoms with E-state index in [2.05, 4.69) is 22.3 Å². The Balaban J connectivity index is 1.43. The second-order valence-electron chi connectivity index (χ2n) is 7.26. The number of morpholine rings is 1. The molecule has 2 aromatic carbocycles. The molecule has 152 valence electrons. The van der Waals surface area contributed by atoms with Crippen LogP contribution in [0.5, 0.6) is 0 Å². The molecule has 2 amide bonds. The normalized spacial score (nSPS) is 16.9. The average Bonchev–Trinajstić information content (AvgIpc) is 3.18. The zero-order chi connectivity index (χ0) is 20.2. The fourth-order valence-corrected chi connectivity index (χ4v) is 3.91. The Morgan fingerprint density at radius 2 is 1.83 bits per heavy atom. The van der Waals surface area contributed by atoms with Crippen molar-refractivity contribution in [3.63, 3.8) is 0 Å². The van der Waals surface area contributed by atoms with Gasteiger partial charge in [0.05, 0.1) is 24.5 Å². The smallest absolute Gasteiger partial charge is 0.253 e. The number of carbonyl (C=O) groups is 2. The van der Waals surface area contributed by atoms with Crippen molar-refractivity contribution in [2.24, 2.45) is 0 Å². The standard InChI is InChI=1S/C22H24ClN3O3/c23-17-5-8-19(20(14-17)26-9-1-2-21(26)27)22(28)24-15-16-3-6-18(7-4-16)25-10-12-29-13-11-25/h3-8,14H,1-2,9-13,15H2,(H,24,28). The van der Waals surface area contributed by atoms with E-state index in [9.17, 15) is 9.59 Å². The minimum Gasteiger partial charge on any atom is -0.378 e. The molecule has 1 N–H and O–H groups in total. The molecule has 0 unspecified atom stereocenters. The lowest BCUT2D eigenvalue weighted by atomic mass is 10.1. The van der Waals surface area contributed by atoms with Gasteiger partial charge >= 0.3 is 0 Å². The second kappa shape index (κ2) is 8.84. The van der Waals surface area contributed by atoms with Crippen molar-refractivity contribution in [1.82, 2.24) is 5.32 Å². The molecule has 2 aliphatic heterocycles. The predicted octanol–water partition coefficient (Wildman–Crippen LogP) is 3.23. The van der Waals surface area contributed by atoms with Crippen LogP contribution in [0.1, 0.15) is 28.8 Å². The first-order chi connectivity index (χ1) is 14.1. The number of hydrogen-bond acceptors (Lipinski definition) is 4. The van der Waals surface area contributed by atoms with Crippen molar-refractivity contribution in [1.29, 1.82) is 0 Å². The molecule has 2 aliphatic rings. The predicted molar refractivity (Wildman–Crippen MR) is 114 cm³/mol. The highest BCUT2D eigenvalue weighted by Crippen LogP contribution is 2.28. The summed E-state index contributed by atoms with van der Waals surface area (Å²) in [4.78, 5) is 28.9. The summed E-state index contributed by atoms with van der Waals surface area (Å²) in [5, 5.41) is 3.47. The Morgan fingerprint density at radius 1 is 1.07 bits per heavy atom. The number of nitrogens with one attached hydrogen (secondary N) is 1. The van der Waals surface area contributed by atoms with E-state index < -0.39 is 0 Å². The van der Waals surface area contributed by atoms with Gasteiger partial charge in [-0.05, 0) is 42.3 Å². The largest absolute Gasteiger partial charge is 0.378 e. The van der Waals surface area contributed by atoms with E-state index >= 15 is 0 Å². The van der Waals surface area contributed by atoms with Gasteiger partial charge in [-0.1, -0.05) is 23.7 Å². The van der Waals surface area contributed by atoms with Gasteiger partial charge < -0.3 is 19.9 Å². The van der Waals surface area contributed by atoms with E-state index in [1.165, 1.54) is 0 Å². The van der Waals surface area contributed by atoms with Crippen LogP contribution in [0.25, 0.3) is 0 Å². The first-order valence-electron chi connectivity index (χ1n) is 9.91. The zero-order valence-electron chi connectivity index (χ0n) is 16.2. The molecule has 7 heteroatoms. The molecule has 4 rings (SSSR count). The molecule has 0 aromatic heterocycles. The fraction of sp³-hybridized carbons (Fsp3) is 0.364. The third-order valence-electron chi connectivity index (χ3n) is 5.33. The lowest BCUT2D eigenvalue weighted by Gasteiger charge is -2.28. The lowest BCUT2D eigenvalue weighted by Crippen LogP contribution is -2.36. The topological polar surface area (TPSA) is 61.9 Å². The van der Waals surface area contributed by atoms with E-state index in [-0.39, 0.29) is 11.8 Å². The van der Waals surface area contributed by atoms with Gasteiger partial charge in [0.15, 0.2) is 0 Å². The molecule has 0 spiro atoms. The molecule has 0 radical (unpaired) electrons. The lowest BCUT2D eigenvalue weighted by molar-refractivity contribution is -0.117. The molecular weight excluding hydrogens is 390 g/mol. The first-order valence-corrected chi connectivity index (χ1v) is 10.3. The van der Waals surface area contributed by atoms with Crippen LogP contribution in [0.3, 0.4) is 0 Å². The molecule has 29 heavy (non-hydrogen) atoms. The number of ether oxygens (including phenoxy) is 1. The van der Waals surface area contributed by atoms with Crippen LogP contribution in [0.4, 0.5) is 11.4 Å².